The maximum atomic E-state index is 5.64. The van der Waals surface area contributed by atoms with Gasteiger partial charge in [0.15, 0.2) is 0 Å². The summed E-state index contributed by atoms with van der Waals surface area (Å²) in [4.78, 5) is 0. The molecule has 0 aromatic rings. The highest BCUT2D eigenvalue weighted by molar-refractivity contribution is 4.60. The Kier molecular flexibility index (Phi) is 11.4. The number of rotatable bonds is 12. The Hall–Kier alpha value is -0.240. The van der Waals surface area contributed by atoms with Gasteiger partial charge in [0, 0.05) is 24.0 Å². The van der Waals surface area contributed by atoms with Crippen LogP contribution in [-0.4, -0.2) is 57.8 Å². The molecule has 0 aromatic carbocycles. The van der Waals surface area contributed by atoms with Crippen molar-refractivity contribution in [2.75, 3.05) is 39.6 Å². The molecule has 0 heterocycles. The van der Waals surface area contributed by atoms with Gasteiger partial charge in [-0.3, -0.25) is 0 Å². The Morgan fingerprint density at radius 3 is 1.05 bits per heavy atom. The molecule has 6 nitrogen and oxygen atoms in total. The number of hydrogen-bond acceptors (Lipinski definition) is 6. The second-order valence-electron chi connectivity index (χ2n) is 5.41. The van der Waals surface area contributed by atoms with Crippen LogP contribution in [0.5, 0.6) is 0 Å². The average Bonchev–Trinajstić information content (AvgIpc) is 2.26. The highest BCUT2D eigenvalue weighted by Gasteiger charge is 2.11. The molecule has 0 saturated heterocycles. The second-order valence-corrected chi connectivity index (χ2v) is 5.41. The van der Waals surface area contributed by atoms with Crippen molar-refractivity contribution in [3.63, 3.8) is 0 Å². The molecular formula is C13H31N3O3. The standard InChI is InChI=1S/C13H31N3O3/c1-10(14)4-17-7-13(8-18-5-11(2)15)9-19-6-12(3)16/h10-13H,4-9,14-16H2,1-3H3. The van der Waals surface area contributed by atoms with Crippen LogP contribution in [0.15, 0.2) is 0 Å². The van der Waals surface area contributed by atoms with Gasteiger partial charge in [-0.25, -0.2) is 0 Å². The van der Waals surface area contributed by atoms with Gasteiger partial charge in [0.05, 0.1) is 39.6 Å². The highest BCUT2D eigenvalue weighted by Crippen LogP contribution is 2.02. The summed E-state index contributed by atoms with van der Waals surface area (Å²) in [7, 11) is 0. The molecule has 19 heavy (non-hydrogen) atoms. The second kappa shape index (κ2) is 11.6. The van der Waals surface area contributed by atoms with Gasteiger partial charge in [-0.05, 0) is 20.8 Å². The van der Waals surface area contributed by atoms with Gasteiger partial charge in [-0.1, -0.05) is 0 Å². The summed E-state index contributed by atoms with van der Waals surface area (Å²) in [5.74, 6) is 0.177. The SMILES string of the molecule is CC(N)COCC(COCC(C)N)COCC(C)N. The van der Waals surface area contributed by atoms with Crippen molar-refractivity contribution in [3.05, 3.63) is 0 Å². The minimum absolute atomic E-state index is 0.0376. The first-order valence-corrected chi connectivity index (χ1v) is 6.91. The molecule has 0 amide bonds. The molecule has 0 spiro atoms. The van der Waals surface area contributed by atoms with Crippen LogP contribution < -0.4 is 17.2 Å². The van der Waals surface area contributed by atoms with E-state index in [9.17, 15) is 0 Å². The molecule has 3 unspecified atom stereocenters. The lowest BCUT2D eigenvalue weighted by Crippen LogP contribution is -2.30. The maximum absolute atomic E-state index is 5.64. The summed E-state index contributed by atoms with van der Waals surface area (Å²) < 4.78 is 16.6. The predicted molar refractivity (Wildman–Crippen MR) is 76.9 cm³/mol. The molecule has 0 aliphatic rings. The Morgan fingerprint density at radius 1 is 0.579 bits per heavy atom. The molecule has 116 valence electrons. The molecule has 0 aliphatic heterocycles. The lowest BCUT2D eigenvalue weighted by Gasteiger charge is -2.19. The third-order valence-corrected chi connectivity index (χ3v) is 2.20. The summed E-state index contributed by atoms with van der Waals surface area (Å²) in [5, 5.41) is 0. The molecule has 0 radical (unpaired) electrons. The van der Waals surface area contributed by atoms with Crippen molar-refractivity contribution in [2.45, 2.75) is 38.9 Å². The van der Waals surface area contributed by atoms with E-state index >= 15 is 0 Å². The van der Waals surface area contributed by atoms with Gasteiger partial charge in [0.2, 0.25) is 0 Å². The van der Waals surface area contributed by atoms with Crippen molar-refractivity contribution in [1.29, 1.82) is 0 Å². The number of nitrogens with two attached hydrogens (primary N) is 3. The van der Waals surface area contributed by atoms with Crippen LogP contribution in [0.2, 0.25) is 0 Å². The van der Waals surface area contributed by atoms with Gasteiger partial charge in [-0.15, -0.1) is 0 Å². The van der Waals surface area contributed by atoms with E-state index < -0.39 is 0 Å². The highest BCUT2D eigenvalue weighted by atomic mass is 16.5. The lowest BCUT2D eigenvalue weighted by atomic mass is 10.2. The Balaban J connectivity index is 3.85. The summed E-state index contributed by atoms with van der Waals surface area (Å²) in [6.07, 6.45) is 0. The first-order valence-electron chi connectivity index (χ1n) is 6.91. The normalized spacial score (nSPS) is 18.0. The summed E-state index contributed by atoms with van der Waals surface area (Å²) in [5.41, 5.74) is 16.9. The van der Waals surface area contributed by atoms with Crippen molar-refractivity contribution < 1.29 is 14.2 Å². The van der Waals surface area contributed by atoms with Crippen LogP contribution in [0.3, 0.4) is 0 Å². The molecule has 0 bridgehead atoms. The minimum Gasteiger partial charge on any atom is -0.379 e. The van der Waals surface area contributed by atoms with E-state index in [2.05, 4.69) is 0 Å². The maximum Gasteiger partial charge on any atom is 0.0614 e. The summed E-state index contributed by atoms with van der Waals surface area (Å²) >= 11 is 0. The molecule has 6 N–H and O–H groups in total. The summed E-state index contributed by atoms with van der Waals surface area (Å²) in [6, 6.07) is 0.113. The fraction of sp³-hybridized carbons (Fsp3) is 1.00. The van der Waals surface area contributed by atoms with Gasteiger partial charge >= 0.3 is 0 Å². The van der Waals surface area contributed by atoms with Gasteiger partial charge in [0.25, 0.3) is 0 Å². The average molecular weight is 277 g/mol. The van der Waals surface area contributed by atoms with Crippen LogP contribution in [-0.2, 0) is 14.2 Å². The molecule has 0 rings (SSSR count). The minimum atomic E-state index is 0.0376. The van der Waals surface area contributed by atoms with Crippen LogP contribution in [0.25, 0.3) is 0 Å². The lowest BCUT2D eigenvalue weighted by molar-refractivity contribution is -0.0109. The zero-order valence-electron chi connectivity index (χ0n) is 12.5. The Morgan fingerprint density at radius 2 is 0.842 bits per heavy atom. The van der Waals surface area contributed by atoms with Crippen molar-refractivity contribution in [1.82, 2.24) is 0 Å². The van der Waals surface area contributed by atoms with E-state index in [-0.39, 0.29) is 24.0 Å². The smallest absolute Gasteiger partial charge is 0.0614 e. The molecule has 0 saturated carbocycles. The van der Waals surface area contributed by atoms with E-state index in [1.165, 1.54) is 0 Å². The number of hydrogen-bond donors (Lipinski definition) is 3. The van der Waals surface area contributed by atoms with Crippen molar-refractivity contribution >= 4 is 0 Å². The van der Waals surface area contributed by atoms with E-state index in [4.69, 9.17) is 31.4 Å². The van der Waals surface area contributed by atoms with Crippen LogP contribution in [0, 0.1) is 5.92 Å². The van der Waals surface area contributed by atoms with E-state index in [0.717, 1.165) is 0 Å². The van der Waals surface area contributed by atoms with Crippen molar-refractivity contribution in [2.24, 2.45) is 23.1 Å². The molecule has 0 aromatic heterocycles. The quantitative estimate of drug-likeness (QED) is 0.452. The van der Waals surface area contributed by atoms with Crippen molar-refractivity contribution in [3.8, 4) is 0 Å². The Labute approximate surface area is 116 Å². The molecule has 6 heteroatoms. The topological polar surface area (TPSA) is 106 Å². The third-order valence-electron chi connectivity index (χ3n) is 2.20. The van der Waals surface area contributed by atoms with Crippen LogP contribution in [0.4, 0.5) is 0 Å². The van der Waals surface area contributed by atoms with E-state index in [0.29, 0.717) is 39.6 Å². The fourth-order valence-corrected chi connectivity index (χ4v) is 1.41. The largest absolute Gasteiger partial charge is 0.379 e. The fourth-order valence-electron chi connectivity index (χ4n) is 1.41. The first-order chi connectivity index (χ1) is 8.91. The Bertz CT molecular complexity index is 168. The monoisotopic (exact) mass is 277 g/mol. The first kappa shape index (κ1) is 18.8. The molecule has 0 aliphatic carbocycles. The number of ether oxygens (including phenoxy) is 3. The molecular weight excluding hydrogens is 246 g/mol. The summed E-state index contributed by atoms with van der Waals surface area (Å²) in [6.45, 7) is 9.06. The predicted octanol–water partition coefficient (Wildman–Crippen LogP) is -0.306. The molecule has 3 atom stereocenters. The molecule has 0 fully saturated rings. The van der Waals surface area contributed by atoms with Crippen LogP contribution >= 0.6 is 0 Å². The van der Waals surface area contributed by atoms with Crippen LogP contribution in [0.1, 0.15) is 20.8 Å². The van der Waals surface area contributed by atoms with Gasteiger partial charge in [0.1, 0.15) is 0 Å². The zero-order valence-corrected chi connectivity index (χ0v) is 12.5. The van der Waals surface area contributed by atoms with E-state index in [1.807, 2.05) is 20.8 Å². The third kappa shape index (κ3) is 14.0. The zero-order chi connectivity index (χ0) is 14.7. The van der Waals surface area contributed by atoms with E-state index in [1.54, 1.807) is 0 Å². The van der Waals surface area contributed by atoms with Gasteiger partial charge < -0.3 is 31.4 Å². The van der Waals surface area contributed by atoms with Gasteiger partial charge in [-0.2, -0.15) is 0 Å².